The van der Waals surface area contributed by atoms with E-state index in [1.165, 1.54) is 0 Å². The Morgan fingerprint density at radius 1 is 1.27 bits per heavy atom. The molecule has 2 rings (SSSR count). The minimum absolute atomic E-state index is 0.0735. The Labute approximate surface area is 105 Å². The fourth-order valence-corrected chi connectivity index (χ4v) is 2.25. The number of hydrogen-bond acceptors (Lipinski definition) is 2. The molecule has 1 saturated heterocycles. The summed E-state index contributed by atoms with van der Waals surface area (Å²) in [4.78, 5) is 11.3. The van der Waals surface area contributed by atoms with Crippen molar-refractivity contribution in [2.45, 2.75) is 18.9 Å². The summed E-state index contributed by atoms with van der Waals surface area (Å²) in [7, 11) is 0. The summed E-state index contributed by atoms with van der Waals surface area (Å²) in [6, 6.07) is 5.94. The lowest BCUT2D eigenvalue weighted by Gasteiger charge is -2.22. The quantitative estimate of drug-likeness (QED) is 0.784. The van der Waals surface area contributed by atoms with Crippen LogP contribution in [0, 0.1) is 0 Å². The van der Waals surface area contributed by atoms with Crippen LogP contribution < -0.4 is 0 Å². The number of ether oxygens (including phenoxy) is 1. The highest BCUT2D eigenvalue weighted by molar-refractivity contribution is 9.13. The SMILES string of the molecule is O=C1CCOC(c2ccc(Br)c(Br)c2)C1. The highest BCUT2D eigenvalue weighted by Crippen LogP contribution is 2.31. The van der Waals surface area contributed by atoms with Crippen LogP contribution >= 0.6 is 31.9 Å². The van der Waals surface area contributed by atoms with Gasteiger partial charge in [0, 0.05) is 21.8 Å². The molecule has 15 heavy (non-hydrogen) atoms. The van der Waals surface area contributed by atoms with Gasteiger partial charge in [0.05, 0.1) is 12.7 Å². The van der Waals surface area contributed by atoms with Crippen molar-refractivity contribution in [3.8, 4) is 0 Å². The molecular weight excluding hydrogens is 324 g/mol. The monoisotopic (exact) mass is 332 g/mol. The molecule has 1 unspecified atom stereocenters. The van der Waals surface area contributed by atoms with E-state index in [-0.39, 0.29) is 11.9 Å². The summed E-state index contributed by atoms with van der Waals surface area (Å²) in [6.07, 6.45) is 0.970. The molecule has 1 fully saturated rings. The van der Waals surface area contributed by atoms with Gasteiger partial charge in [-0.2, -0.15) is 0 Å². The summed E-state index contributed by atoms with van der Waals surface area (Å²) in [6.45, 7) is 0.539. The average Bonchev–Trinajstić information content (AvgIpc) is 2.22. The van der Waals surface area contributed by atoms with Gasteiger partial charge < -0.3 is 4.74 Å². The Morgan fingerprint density at radius 3 is 2.73 bits per heavy atom. The van der Waals surface area contributed by atoms with Crippen molar-refractivity contribution in [1.82, 2.24) is 0 Å². The standard InChI is InChI=1S/C11H10Br2O2/c12-9-2-1-7(5-10(9)13)11-6-8(14)3-4-15-11/h1-2,5,11H,3-4,6H2. The zero-order valence-electron chi connectivity index (χ0n) is 8.00. The van der Waals surface area contributed by atoms with E-state index < -0.39 is 0 Å². The Balaban J connectivity index is 2.21. The van der Waals surface area contributed by atoms with Crippen molar-refractivity contribution in [1.29, 1.82) is 0 Å². The van der Waals surface area contributed by atoms with E-state index in [0.29, 0.717) is 19.4 Å². The third-order valence-electron chi connectivity index (χ3n) is 2.43. The highest BCUT2D eigenvalue weighted by Gasteiger charge is 2.21. The molecular formula is C11H10Br2O2. The van der Waals surface area contributed by atoms with Crippen LogP contribution in [0.25, 0.3) is 0 Å². The first kappa shape index (κ1) is 11.3. The smallest absolute Gasteiger partial charge is 0.138 e. The predicted octanol–water partition coefficient (Wildman–Crippen LogP) is 3.63. The molecule has 0 aromatic heterocycles. The Hall–Kier alpha value is -0.190. The number of halogens is 2. The Morgan fingerprint density at radius 2 is 2.07 bits per heavy atom. The molecule has 1 aromatic carbocycles. The summed E-state index contributed by atoms with van der Waals surface area (Å²) >= 11 is 6.85. The first-order chi connectivity index (χ1) is 7.16. The van der Waals surface area contributed by atoms with Gasteiger partial charge in [0.25, 0.3) is 0 Å². The molecule has 4 heteroatoms. The van der Waals surface area contributed by atoms with Crippen molar-refractivity contribution in [3.63, 3.8) is 0 Å². The van der Waals surface area contributed by atoms with Crippen LogP contribution in [0.15, 0.2) is 27.1 Å². The van der Waals surface area contributed by atoms with Crippen molar-refractivity contribution in [3.05, 3.63) is 32.7 Å². The number of ketones is 1. The molecule has 80 valence electrons. The lowest BCUT2D eigenvalue weighted by Crippen LogP contribution is -2.19. The van der Waals surface area contributed by atoms with Gasteiger partial charge in [-0.1, -0.05) is 6.07 Å². The summed E-state index contributed by atoms with van der Waals surface area (Å²) in [5.41, 5.74) is 1.05. The highest BCUT2D eigenvalue weighted by atomic mass is 79.9. The molecule has 1 aromatic rings. The summed E-state index contributed by atoms with van der Waals surface area (Å²) in [5.74, 6) is 0.283. The third-order valence-corrected chi connectivity index (χ3v) is 4.31. The molecule has 0 N–H and O–H groups in total. The largest absolute Gasteiger partial charge is 0.373 e. The van der Waals surface area contributed by atoms with Gasteiger partial charge >= 0.3 is 0 Å². The predicted molar refractivity (Wildman–Crippen MR) is 64.8 cm³/mol. The zero-order valence-corrected chi connectivity index (χ0v) is 11.2. The summed E-state index contributed by atoms with van der Waals surface area (Å²) < 4.78 is 7.57. The summed E-state index contributed by atoms with van der Waals surface area (Å²) in [5, 5.41) is 0. The van der Waals surface area contributed by atoms with E-state index in [9.17, 15) is 4.79 Å². The fraction of sp³-hybridized carbons (Fsp3) is 0.364. The molecule has 1 aliphatic rings. The van der Waals surface area contributed by atoms with Crippen LogP contribution in [0.2, 0.25) is 0 Å². The van der Waals surface area contributed by atoms with Gasteiger partial charge in [-0.15, -0.1) is 0 Å². The van der Waals surface area contributed by atoms with Crippen molar-refractivity contribution in [2.75, 3.05) is 6.61 Å². The van der Waals surface area contributed by atoms with Crippen molar-refractivity contribution in [2.24, 2.45) is 0 Å². The van der Waals surface area contributed by atoms with E-state index >= 15 is 0 Å². The first-order valence-electron chi connectivity index (χ1n) is 4.75. The number of hydrogen-bond donors (Lipinski definition) is 0. The first-order valence-corrected chi connectivity index (χ1v) is 6.33. The Kier molecular flexibility index (Phi) is 3.59. The number of carbonyl (C=O) groups is 1. The molecule has 0 amide bonds. The number of benzene rings is 1. The maximum absolute atomic E-state index is 11.3. The van der Waals surface area contributed by atoms with Gasteiger partial charge in [-0.25, -0.2) is 0 Å². The topological polar surface area (TPSA) is 26.3 Å². The normalized spacial score (nSPS) is 21.7. The molecule has 0 aliphatic carbocycles. The number of carbonyl (C=O) groups excluding carboxylic acids is 1. The van der Waals surface area contributed by atoms with Gasteiger partial charge in [-0.05, 0) is 49.6 Å². The van der Waals surface area contributed by atoms with Gasteiger partial charge in [0.2, 0.25) is 0 Å². The third kappa shape index (κ3) is 2.68. The molecule has 1 atom stereocenters. The van der Waals surface area contributed by atoms with Crippen LogP contribution in [0.5, 0.6) is 0 Å². The van der Waals surface area contributed by atoms with Crippen LogP contribution in [-0.2, 0) is 9.53 Å². The molecule has 0 bridgehead atoms. The lowest BCUT2D eigenvalue weighted by atomic mass is 10.0. The van der Waals surface area contributed by atoms with Gasteiger partial charge in [0.1, 0.15) is 5.78 Å². The number of Topliss-reactive ketones (excluding diaryl/α,β-unsaturated/α-hetero) is 1. The molecule has 2 nitrogen and oxygen atoms in total. The van der Waals surface area contributed by atoms with E-state index in [4.69, 9.17) is 4.74 Å². The van der Waals surface area contributed by atoms with E-state index in [2.05, 4.69) is 31.9 Å². The fourth-order valence-electron chi connectivity index (χ4n) is 1.61. The van der Waals surface area contributed by atoms with E-state index in [0.717, 1.165) is 14.5 Å². The number of rotatable bonds is 1. The minimum Gasteiger partial charge on any atom is -0.373 e. The van der Waals surface area contributed by atoms with E-state index in [1.54, 1.807) is 0 Å². The maximum Gasteiger partial charge on any atom is 0.138 e. The molecule has 1 heterocycles. The van der Waals surface area contributed by atoms with Crippen LogP contribution in [-0.4, -0.2) is 12.4 Å². The minimum atomic E-state index is -0.0735. The zero-order chi connectivity index (χ0) is 10.8. The molecule has 0 radical (unpaired) electrons. The van der Waals surface area contributed by atoms with E-state index in [1.807, 2.05) is 18.2 Å². The Bertz CT molecular complexity index is 390. The second kappa shape index (κ2) is 4.76. The van der Waals surface area contributed by atoms with Crippen molar-refractivity contribution >= 4 is 37.6 Å². The van der Waals surface area contributed by atoms with Crippen molar-refractivity contribution < 1.29 is 9.53 Å². The second-order valence-electron chi connectivity index (χ2n) is 3.53. The van der Waals surface area contributed by atoms with Crippen LogP contribution in [0.1, 0.15) is 24.5 Å². The van der Waals surface area contributed by atoms with Crippen LogP contribution in [0.3, 0.4) is 0 Å². The molecule has 1 aliphatic heterocycles. The molecule has 0 saturated carbocycles. The maximum atomic E-state index is 11.3. The average molecular weight is 334 g/mol. The van der Waals surface area contributed by atoms with Gasteiger partial charge in [-0.3, -0.25) is 4.79 Å². The molecule has 0 spiro atoms. The van der Waals surface area contributed by atoms with Crippen LogP contribution in [0.4, 0.5) is 0 Å². The lowest BCUT2D eigenvalue weighted by molar-refractivity contribution is -0.128. The second-order valence-corrected chi connectivity index (χ2v) is 5.23. The van der Waals surface area contributed by atoms with Gasteiger partial charge in [0.15, 0.2) is 0 Å².